The second-order valence-electron chi connectivity index (χ2n) is 1.37. The van der Waals surface area contributed by atoms with Crippen molar-refractivity contribution in [2.24, 2.45) is 5.84 Å². The van der Waals surface area contributed by atoms with Crippen LogP contribution in [0, 0.1) is 0 Å². The van der Waals surface area contributed by atoms with Crippen LogP contribution in [0.1, 0.15) is 0 Å². The lowest BCUT2D eigenvalue weighted by molar-refractivity contribution is 0.196. The lowest BCUT2D eigenvalue weighted by atomic mass is 10.7. The second kappa shape index (κ2) is 2.83. The summed E-state index contributed by atoms with van der Waals surface area (Å²) in [6, 6.07) is 1.38. The van der Waals surface area contributed by atoms with E-state index in [1.807, 2.05) is 0 Å². The monoisotopic (exact) mass is 143 g/mol. The zero-order valence-corrected chi connectivity index (χ0v) is 4.90. The number of nitrogens with zero attached hydrogens (tertiary/aromatic N) is 1. The zero-order valence-electron chi connectivity index (χ0n) is 4.90. The van der Waals surface area contributed by atoms with Gasteiger partial charge in [-0.05, 0) is 5.16 Å². The topological polar surface area (TPSA) is 90.4 Å². The van der Waals surface area contributed by atoms with E-state index in [1.165, 1.54) is 12.3 Å². The smallest absolute Gasteiger partial charge is 0.387 e. The summed E-state index contributed by atoms with van der Waals surface area (Å²) in [5.74, 6) is 4.78. The highest BCUT2D eigenvalue weighted by molar-refractivity contribution is 5.68. The van der Waals surface area contributed by atoms with Crippen LogP contribution in [0.15, 0.2) is 16.9 Å². The summed E-state index contributed by atoms with van der Waals surface area (Å²) in [6.07, 6.45) is 0.493. The Morgan fingerprint density at radius 3 is 3.20 bits per heavy atom. The minimum absolute atomic E-state index is 0.0722. The Labute approximate surface area is 55.9 Å². The van der Waals surface area contributed by atoms with Crippen LogP contribution >= 0.6 is 0 Å². The fourth-order valence-corrected chi connectivity index (χ4v) is 0.379. The van der Waals surface area contributed by atoms with Crippen molar-refractivity contribution in [2.75, 3.05) is 0 Å². The Hall–Kier alpha value is -1.56. The van der Waals surface area contributed by atoms with Crippen molar-refractivity contribution in [3.05, 3.63) is 12.3 Å². The van der Waals surface area contributed by atoms with E-state index in [0.29, 0.717) is 0 Å². The normalized spacial score (nSPS) is 8.90. The molecule has 1 amide bonds. The number of carbonyl (C=O) groups excluding carboxylic acids is 1. The van der Waals surface area contributed by atoms with Gasteiger partial charge < -0.3 is 9.26 Å². The van der Waals surface area contributed by atoms with Gasteiger partial charge in [0.15, 0.2) is 0 Å². The van der Waals surface area contributed by atoms with Crippen LogP contribution in [-0.2, 0) is 0 Å². The molecule has 0 saturated heterocycles. The quantitative estimate of drug-likeness (QED) is 0.318. The number of amides is 1. The molecule has 0 aromatic carbocycles. The van der Waals surface area contributed by atoms with Crippen LogP contribution in [-0.4, -0.2) is 11.2 Å². The van der Waals surface area contributed by atoms with E-state index in [9.17, 15) is 4.79 Å². The number of ether oxygens (including phenoxy) is 1. The van der Waals surface area contributed by atoms with Gasteiger partial charge in [-0.3, -0.25) is 5.43 Å². The highest BCUT2D eigenvalue weighted by Crippen LogP contribution is 2.03. The van der Waals surface area contributed by atoms with E-state index in [2.05, 4.69) is 14.4 Å². The standard InChI is InChI=1S/C4H5N3O3/c5-6-4(8)10-3-1-2-9-7-3/h1-2H,5H2,(H,6,8). The van der Waals surface area contributed by atoms with Crippen molar-refractivity contribution in [1.82, 2.24) is 10.6 Å². The number of nitrogens with one attached hydrogen (secondary N) is 1. The van der Waals surface area contributed by atoms with Gasteiger partial charge in [-0.15, -0.1) is 0 Å². The van der Waals surface area contributed by atoms with Gasteiger partial charge >= 0.3 is 6.09 Å². The first-order chi connectivity index (χ1) is 4.83. The molecule has 10 heavy (non-hydrogen) atoms. The first-order valence-corrected chi connectivity index (χ1v) is 2.41. The third-order valence-electron chi connectivity index (χ3n) is 0.729. The Morgan fingerprint density at radius 2 is 2.70 bits per heavy atom. The van der Waals surface area contributed by atoms with Crippen LogP contribution in [0.3, 0.4) is 0 Å². The minimum Gasteiger partial charge on any atom is -0.387 e. The molecule has 0 aliphatic heterocycles. The Bertz CT molecular complexity index is 208. The largest absolute Gasteiger partial charge is 0.428 e. The van der Waals surface area contributed by atoms with Crippen molar-refractivity contribution in [3.63, 3.8) is 0 Å². The molecule has 0 saturated carbocycles. The molecule has 0 unspecified atom stereocenters. The molecular formula is C4H5N3O3. The Morgan fingerprint density at radius 1 is 1.90 bits per heavy atom. The lowest BCUT2D eigenvalue weighted by Crippen LogP contribution is -2.32. The maximum Gasteiger partial charge on any atom is 0.428 e. The first kappa shape index (κ1) is 6.56. The molecule has 0 atom stereocenters. The molecule has 3 N–H and O–H groups in total. The van der Waals surface area contributed by atoms with Crippen molar-refractivity contribution < 1.29 is 14.1 Å². The van der Waals surface area contributed by atoms with Crippen molar-refractivity contribution in [2.45, 2.75) is 0 Å². The van der Waals surface area contributed by atoms with E-state index >= 15 is 0 Å². The van der Waals surface area contributed by atoms with Crippen LogP contribution in [0.25, 0.3) is 0 Å². The third-order valence-corrected chi connectivity index (χ3v) is 0.729. The van der Waals surface area contributed by atoms with Gasteiger partial charge in [-0.25, -0.2) is 10.6 Å². The molecule has 54 valence electrons. The number of aromatic nitrogens is 1. The minimum atomic E-state index is -0.783. The average molecular weight is 143 g/mol. The van der Waals surface area contributed by atoms with E-state index in [0.717, 1.165) is 0 Å². The maximum absolute atomic E-state index is 10.3. The van der Waals surface area contributed by atoms with Gasteiger partial charge in [-0.2, -0.15) is 0 Å². The van der Waals surface area contributed by atoms with Crippen LogP contribution < -0.4 is 16.0 Å². The molecule has 0 fully saturated rings. The summed E-state index contributed by atoms with van der Waals surface area (Å²) in [5.41, 5.74) is 1.76. The van der Waals surface area contributed by atoms with Gasteiger partial charge in [0.25, 0.3) is 5.88 Å². The molecular weight excluding hydrogens is 138 g/mol. The van der Waals surface area contributed by atoms with Crippen LogP contribution in [0.2, 0.25) is 0 Å². The molecule has 0 spiro atoms. The van der Waals surface area contributed by atoms with E-state index in [4.69, 9.17) is 5.84 Å². The number of hydrogen-bond acceptors (Lipinski definition) is 5. The second-order valence-corrected chi connectivity index (χ2v) is 1.37. The molecule has 6 nitrogen and oxygen atoms in total. The fraction of sp³-hybridized carbons (Fsp3) is 0. The van der Waals surface area contributed by atoms with Crippen molar-refractivity contribution in [3.8, 4) is 5.88 Å². The van der Waals surface area contributed by atoms with Gasteiger partial charge in [0.1, 0.15) is 6.26 Å². The summed E-state index contributed by atoms with van der Waals surface area (Å²) in [5, 5.41) is 3.29. The van der Waals surface area contributed by atoms with E-state index in [-0.39, 0.29) is 5.88 Å². The van der Waals surface area contributed by atoms with E-state index < -0.39 is 6.09 Å². The van der Waals surface area contributed by atoms with Gasteiger partial charge in [-0.1, -0.05) is 0 Å². The summed E-state index contributed by atoms with van der Waals surface area (Å²) in [6.45, 7) is 0. The summed E-state index contributed by atoms with van der Waals surface area (Å²) in [7, 11) is 0. The summed E-state index contributed by atoms with van der Waals surface area (Å²) >= 11 is 0. The maximum atomic E-state index is 10.3. The molecule has 0 radical (unpaired) electrons. The Balaban J connectivity index is 2.48. The molecule has 0 aliphatic rings. The fourth-order valence-electron chi connectivity index (χ4n) is 0.379. The highest BCUT2D eigenvalue weighted by atomic mass is 16.6. The lowest BCUT2D eigenvalue weighted by Gasteiger charge is -1.94. The summed E-state index contributed by atoms with van der Waals surface area (Å²) in [4.78, 5) is 10.3. The highest BCUT2D eigenvalue weighted by Gasteiger charge is 2.02. The van der Waals surface area contributed by atoms with Crippen LogP contribution in [0.5, 0.6) is 5.88 Å². The van der Waals surface area contributed by atoms with Gasteiger partial charge in [0, 0.05) is 6.07 Å². The predicted octanol–water partition coefficient (Wildman–Crippen LogP) is -0.363. The van der Waals surface area contributed by atoms with Crippen molar-refractivity contribution >= 4 is 6.09 Å². The SMILES string of the molecule is NNC(=O)Oc1ccon1. The van der Waals surface area contributed by atoms with Crippen molar-refractivity contribution in [1.29, 1.82) is 0 Å². The van der Waals surface area contributed by atoms with E-state index in [1.54, 1.807) is 5.43 Å². The summed E-state index contributed by atoms with van der Waals surface area (Å²) < 4.78 is 8.79. The van der Waals surface area contributed by atoms with Gasteiger partial charge in [0.05, 0.1) is 0 Å². The number of rotatable bonds is 1. The third kappa shape index (κ3) is 1.46. The molecule has 1 aromatic heterocycles. The first-order valence-electron chi connectivity index (χ1n) is 2.41. The molecule has 6 heteroatoms. The molecule has 0 bridgehead atoms. The molecule has 0 aliphatic carbocycles. The number of carbonyl (C=O) groups is 1. The predicted molar refractivity (Wildman–Crippen MR) is 29.9 cm³/mol. The number of hydrogen-bond donors (Lipinski definition) is 2. The zero-order chi connectivity index (χ0) is 7.40. The Kier molecular flexibility index (Phi) is 1.86. The molecule has 1 aromatic rings. The average Bonchev–Trinajstić information content (AvgIpc) is 2.40. The number of nitrogens with two attached hydrogens (primary N) is 1. The number of hydrazine groups is 1. The molecule has 1 heterocycles. The molecule has 1 rings (SSSR count). The van der Waals surface area contributed by atoms with Crippen LogP contribution in [0.4, 0.5) is 4.79 Å². The van der Waals surface area contributed by atoms with Gasteiger partial charge in [0.2, 0.25) is 0 Å².